The molecule has 0 aromatic rings. The van der Waals surface area contributed by atoms with E-state index in [9.17, 15) is 43.2 Å². The lowest BCUT2D eigenvalue weighted by Gasteiger charge is -2.21. The summed E-state index contributed by atoms with van der Waals surface area (Å²) in [6.07, 6.45) is 74.4. The van der Waals surface area contributed by atoms with E-state index in [1.54, 1.807) is 0 Å². The molecule has 0 fully saturated rings. The van der Waals surface area contributed by atoms with E-state index in [1.807, 2.05) is 0 Å². The van der Waals surface area contributed by atoms with Crippen LogP contribution < -0.4 is 0 Å². The van der Waals surface area contributed by atoms with Crippen LogP contribution in [0.2, 0.25) is 0 Å². The highest BCUT2D eigenvalue weighted by molar-refractivity contribution is 7.47. The Morgan fingerprint density at radius 1 is 0.280 bits per heavy atom. The third-order valence-corrected chi connectivity index (χ3v) is 19.0. The van der Waals surface area contributed by atoms with Crippen molar-refractivity contribution >= 4 is 39.5 Å². The summed E-state index contributed by atoms with van der Waals surface area (Å²) in [6.45, 7) is 4.82. The lowest BCUT2D eigenvalue weighted by atomic mass is 10.0. The van der Waals surface area contributed by atoms with Gasteiger partial charge in [-0.05, 0) is 122 Å². The highest BCUT2D eigenvalue weighted by Crippen LogP contribution is 2.45. The number of phosphoric acid groups is 2. The number of esters is 4. The summed E-state index contributed by atoms with van der Waals surface area (Å²) in [7, 11) is -9.95. The minimum atomic E-state index is -4.98. The molecule has 19 heteroatoms. The van der Waals surface area contributed by atoms with Gasteiger partial charge in [-0.1, -0.05) is 287 Å². The van der Waals surface area contributed by atoms with Crippen LogP contribution in [0.15, 0.2) is 72.9 Å². The Kier molecular flexibility index (Phi) is 71.2. The number of aliphatic hydroxyl groups is 1. The molecule has 0 saturated heterocycles. The van der Waals surface area contributed by atoms with Crippen molar-refractivity contribution in [3.05, 3.63) is 72.9 Å². The maximum Gasteiger partial charge on any atom is 0.472 e. The smallest absolute Gasteiger partial charge is 0.462 e. The topological polar surface area (TPSA) is 237 Å². The van der Waals surface area contributed by atoms with Gasteiger partial charge in [-0.15, -0.1) is 0 Å². The Balaban J connectivity index is 5.32. The van der Waals surface area contributed by atoms with Gasteiger partial charge in [0.15, 0.2) is 12.2 Å². The molecule has 5 unspecified atom stereocenters. The molecule has 3 N–H and O–H groups in total. The van der Waals surface area contributed by atoms with Gasteiger partial charge < -0.3 is 33.8 Å². The first kappa shape index (κ1) is 96.5. The van der Waals surface area contributed by atoms with Crippen molar-refractivity contribution in [3.63, 3.8) is 0 Å². The number of ether oxygens (including phenoxy) is 4. The van der Waals surface area contributed by atoms with Crippen LogP contribution in [0.3, 0.4) is 0 Å². The van der Waals surface area contributed by atoms with Crippen LogP contribution in [-0.4, -0.2) is 96.7 Å². The molecule has 0 aromatic carbocycles. The van der Waals surface area contributed by atoms with Crippen LogP contribution in [-0.2, 0) is 65.4 Å². The summed E-state index contributed by atoms with van der Waals surface area (Å²) < 4.78 is 68.6. The van der Waals surface area contributed by atoms with Crippen LogP contribution in [0.25, 0.3) is 0 Å². The van der Waals surface area contributed by atoms with E-state index in [1.165, 1.54) is 116 Å². The van der Waals surface area contributed by atoms with Crippen LogP contribution in [0.4, 0.5) is 0 Å². The minimum Gasteiger partial charge on any atom is -0.462 e. The van der Waals surface area contributed by atoms with Crippen molar-refractivity contribution in [3.8, 4) is 0 Å². The van der Waals surface area contributed by atoms with Gasteiger partial charge in [0.2, 0.25) is 0 Å². The lowest BCUT2D eigenvalue weighted by Crippen LogP contribution is -2.30. The zero-order valence-corrected chi connectivity index (χ0v) is 65.4. The summed E-state index contributed by atoms with van der Waals surface area (Å²) in [5.41, 5.74) is 0. The van der Waals surface area contributed by atoms with E-state index < -0.39 is 97.5 Å². The average molecular weight is 1450 g/mol. The third kappa shape index (κ3) is 72.8. The van der Waals surface area contributed by atoms with Crippen LogP contribution in [0.5, 0.6) is 0 Å². The van der Waals surface area contributed by atoms with Crippen molar-refractivity contribution in [1.29, 1.82) is 0 Å². The molecule has 582 valence electrons. The molecule has 0 heterocycles. The number of carbonyl (C=O) groups excluding carboxylic acids is 4. The third-order valence-electron chi connectivity index (χ3n) is 17.1. The second-order valence-electron chi connectivity index (χ2n) is 27.0. The van der Waals surface area contributed by atoms with Crippen molar-refractivity contribution in [2.24, 2.45) is 0 Å². The van der Waals surface area contributed by atoms with Gasteiger partial charge in [-0.2, -0.15) is 0 Å². The zero-order chi connectivity index (χ0) is 73.2. The highest BCUT2D eigenvalue weighted by atomic mass is 31.2. The Labute approximate surface area is 609 Å². The number of rotatable bonds is 76. The molecule has 0 amide bonds. The standard InChI is InChI=1S/C81H146O17P2/c1-5-9-13-17-21-25-29-33-35-36-37-38-40-44-46-50-54-58-62-66-79(84)92-72-77(98-81(86)68-64-60-56-52-48-42-32-28-24-20-16-12-8-4)74-96-100(89,90)94-70-75(82)69-93-99(87,88)95-73-76(97-80(85)67-63-59-55-51-47-41-31-27-23-19-15-11-7-3)71-91-78(83)65-61-57-53-49-45-43-39-34-30-26-22-18-14-10-6-2/h21-22,25-26,28,32-35,37-39,75-77,82H,5-20,23-24,27,29-31,36,40-74H2,1-4H3,(H,87,88)(H,89,90)/b25-21-,26-22-,32-28-,35-33-,38-37-,39-34-. The Morgan fingerprint density at radius 2 is 0.490 bits per heavy atom. The van der Waals surface area contributed by atoms with E-state index in [0.717, 1.165) is 167 Å². The molecular weight excluding hydrogens is 1310 g/mol. The molecular formula is C81H146O17P2. The maximum absolute atomic E-state index is 13.1. The number of allylic oxidation sites excluding steroid dienone is 12. The van der Waals surface area contributed by atoms with Gasteiger partial charge in [0, 0.05) is 25.7 Å². The molecule has 0 radical (unpaired) electrons. The fourth-order valence-corrected chi connectivity index (χ4v) is 12.5. The molecule has 0 aromatic heterocycles. The van der Waals surface area contributed by atoms with Crippen LogP contribution in [0, 0.1) is 0 Å². The fraction of sp³-hybridized carbons (Fsp3) is 0.802. The average Bonchev–Trinajstić information content (AvgIpc) is 0.935. The number of hydrogen-bond donors (Lipinski definition) is 3. The Hall–Kier alpha value is -3.50. The van der Waals surface area contributed by atoms with E-state index in [4.69, 9.17) is 37.0 Å². The molecule has 0 aliphatic heterocycles. The molecule has 0 saturated carbocycles. The lowest BCUT2D eigenvalue weighted by molar-refractivity contribution is -0.161. The first-order valence-electron chi connectivity index (χ1n) is 40.2. The van der Waals surface area contributed by atoms with Gasteiger partial charge in [0.1, 0.15) is 19.3 Å². The van der Waals surface area contributed by atoms with Gasteiger partial charge in [-0.3, -0.25) is 37.3 Å². The molecule has 100 heavy (non-hydrogen) atoms. The normalized spacial score (nSPS) is 14.3. The van der Waals surface area contributed by atoms with Gasteiger partial charge in [0.05, 0.1) is 26.4 Å². The number of phosphoric ester groups is 2. The summed E-state index contributed by atoms with van der Waals surface area (Å²) in [4.78, 5) is 72.9. The predicted octanol–water partition coefficient (Wildman–Crippen LogP) is 23.2. The maximum atomic E-state index is 13.1. The largest absolute Gasteiger partial charge is 0.472 e. The van der Waals surface area contributed by atoms with E-state index in [-0.39, 0.29) is 25.7 Å². The van der Waals surface area contributed by atoms with E-state index in [0.29, 0.717) is 25.7 Å². The number of hydrogen-bond acceptors (Lipinski definition) is 15. The van der Waals surface area contributed by atoms with E-state index >= 15 is 0 Å². The van der Waals surface area contributed by atoms with E-state index in [2.05, 4.69) is 101 Å². The second-order valence-corrected chi connectivity index (χ2v) is 29.9. The molecule has 17 nitrogen and oxygen atoms in total. The monoisotopic (exact) mass is 1450 g/mol. The zero-order valence-electron chi connectivity index (χ0n) is 63.6. The minimum absolute atomic E-state index is 0.0843. The molecule has 0 aliphatic rings. The van der Waals surface area contributed by atoms with Crippen molar-refractivity contribution in [2.45, 2.75) is 380 Å². The molecule has 5 atom stereocenters. The molecule has 0 rings (SSSR count). The fourth-order valence-electron chi connectivity index (χ4n) is 11.0. The number of carbonyl (C=O) groups is 4. The summed E-state index contributed by atoms with van der Waals surface area (Å²) in [5.74, 6) is -2.18. The Bertz CT molecular complexity index is 2180. The number of unbranched alkanes of at least 4 members (excludes halogenated alkanes) is 38. The first-order valence-corrected chi connectivity index (χ1v) is 43.2. The predicted molar refractivity (Wildman–Crippen MR) is 409 cm³/mol. The molecule has 0 bridgehead atoms. The van der Waals surface area contributed by atoms with Crippen molar-refractivity contribution in [1.82, 2.24) is 0 Å². The van der Waals surface area contributed by atoms with Crippen molar-refractivity contribution < 1.29 is 80.2 Å². The number of aliphatic hydroxyl groups excluding tert-OH is 1. The summed E-state index contributed by atoms with van der Waals surface area (Å²) >= 11 is 0. The highest BCUT2D eigenvalue weighted by Gasteiger charge is 2.30. The van der Waals surface area contributed by atoms with Gasteiger partial charge in [0.25, 0.3) is 0 Å². The molecule has 0 aliphatic carbocycles. The Morgan fingerprint density at radius 3 is 0.790 bits per heavy atom. The van der Waals surface area contributed by atoms with Gasteiger partial charge in [-0.25, -0.2) is 9.13 Å². The van der Waals surface area contributed by atoms with Gasteiger partial charge >= 0.3 is 39.5 Å². The SMILES string of the molecule is CCCCC/C=C\C/C=C\C/C=C\CCCCCCCCC(=O)OCC(COP(=O)(O)OCC(O)COP(=O)(O)OCC(COC(=O)CCCCCCC/C=C\C/C=C\CCCCC)OC(=O)CCCCCCCCCCCCCCC)OC(=O)CCCCCCC/C=C\CCCCCC. The van der Waals surface area contributed by atoms with Crippen LogP contribution in [0.1, 0.15) is 362 Å². The summed E-state index contributed by atoms with van der Waals surface area (Å²) in [5, 5.41) is 10.6. The van der Waals surface area contributed by atoms with Crippen molar-refractivity contribution in [2.75, 3.05) is 39.6 Å². The second kappa shape index (κ2) is 73.8. The van der Waals surface area contributed by atoms with Crippen LogP contribution >= 0.6 is 15.6 Å². The molecule has 0 spiro atoms. The first-order chi connectivity index (χ1) is 48.7. The quantitative estimate of drug-likeness (QED) is 0.0169. The summed E-state index contributed by atoms with van der Waals surface area (Å²) in [6, 6.07) is 0.